The second kappa shape index (κ2) is 6.56. The monoisotopic (exact) mass is 266 g/mol. The summed E-state index contributed by atoms with van der Waals surface area (Å²) in [7, 11) is 0. The van der Waals surface area contributed by atoms with Crippen LogP contribution in [0.2, 0.25) is 0 Å². The molecule has 1 N–H and O–H groups in total. The molecule has 0 saturated carbocycles. The van der Waals surface area contributed by atoms with Gasteiger partial charge in [0, 0.05) is 35.8 Å². The number of hydrogen-bond donors (Lipinski definition) is 1. The van der Waals surface area contributed by atoms with Gasteiger partial charge in [-0.25, -0.2) is 15.0 Å². The number of nitrogens with one attached hydrogen (secondary N) is 1. The molecule has 2 rings (SSSR count). The zero-order chi connectivity index (χ0) is 11.9. The minimum Gasteiger partial charge on any atom is -0.354 e. The molecular formula is C11H14N4S2. The average Bonchev–Trinajstić information content (AvgIpc) is 2.82. The van der Waals surface area contributed by atoms with Gasteiger partial charge in [0.1, 0.15) is 4.34 Å². The van der Waals surface area contributed by atoms with Crippen LogP contribution in [0.5, 0.6) is 0 Å². The molecule has 90 valence electrons. The van der Waals surface area contributed by atoms with Crippen molar-refractivity contribution in [2.45, 2.75) is 17.7 Å². The molecule has 2 heterocycles. The molecule has 4 nitrogen and oxygen atoms in total. The first kappa shape index (κ1) is 12.3. The van der Waals surface area contributed by atoms with Gasteiger partial charge in [0.05, 0.1) is 0 Å². The Bertz CT molecular complexity index is 444. The molecule has 0 radical (unpaired) electrons. The summed E-state index contributed by atoms with van der Waals surface area (Å²) in [4.78, 5) is 12.6. The lowest BCUT2D eigenvalue weighted by molar-refractivity contribution is 0.954. The molecule has 2 aromatic rings. The van der Waals surface area contributed by atoms with Crippen molar-refractivity contribution < 1.29 is 0 Å². The van der Waals surface area contributed by atoms with E-state index in [1.54, 1.807) is 29.3 Å². The smallest absolute Gasteiger partial charge is 0.222 e. The molecule has 0 aliphatic rings. The fourth-order valence-electron chi connectivity index (χ4n) is 1.25. The van der Waals surface area contributed by atoms with Crippen LogP contribution in [-0.2, 0) is 0 Å². The Morgan fingerprint density at radius 1 is 1.35 bits per heavy atom. The first-order valence-corrected chi connectivity index (χ1v) is 7.27. The summed E-state index contributed by atoms with van der Waals surface area (Å²) < 4.78 is 1.14. The minimum absolute atomic E-state index is 0.712. The van der Waals surface area contributed by atoms with E-state index in [1.807, 2.05) is 24.6 Å². The van der Waals surface area contributed by atoms with E-state index in [1.165, 1.54) is 0 Å². The number of aromatic nitrogens is 3. The molecule has 17 heavy (non-hydrogen) atoms. The summed E-state index contributed by atoms with van der Waals surface area (Å²) in [6.45, 7) is 2.85. The topological polar surface area (TPSA) is 50.7 Å². The molecule has 0 fully saturated rings. The maximum absolute atomic E-state index is 4.28. The highest BCUT2D eigenvalue weighted by molar-refractivity contribution is 8.00. The summed E-state index contributed by atoms with van der Waals surface area (Å²) >= 11 is 3.48. The molecule has 2 aromatic heterocycles. The highest BCUT2D eigenvalue weighted by atomic mass is 32.2. The van der Waals surface area contributed by atoms with E-state index in [0.29, 0.717) is 5.95 Å². The van der Waals surface area contributed by atoms with Crippen molar-refractivity contribution in [3.63, 3.8) is 0 Å². The summed E-state index contributed by atoms with van der Waals surface area (Å²) in [6.07, 6.45) is 4.68. The molecule has 0 atom stereocenters. The van der Waals surface area contributed by atoms with Crippen LogP contribution in [0.1, 0.15) is 12.1 Å². The van der Waals surface area contributed by atoms with Crippen molar-refractivity contribution in [3.8, 4) is 0 Å². The quantitative estimate of drug-likeness (QED) is 0.643. The predicted octanol–water partition coefficient (Wildman–Crippen LogP) is 2.84. The zero-order valence-corrected chi connectivity index (χ0v) is 11.2. The van der Waals surface area contributed by atoms with Crippen LogP contribution in [0.3, 0.4) is 0 Å². The Hall–Kier alpha value is -1.14. The Balaban J connectivity index is 1.63. The molecule has 0 aromatic carbocycles. The molecule has 0 unspecified atom stereocenters. The number of hydrogen-bond acceptors (Lipinski definition) is 6. The van der Waals surface area contributed by atoms with Gasteiger partial charge in [-0.2, -0.15) is 0 Å². The van der Waals surface area contributed by atoms with E-state index in [0.717, 1.165) is 28.8 Å². The van der Waals surface area contributed by atoms with E-state index < -0.39 is 0 Å². The normalized spacial score (nSPS) is 10.4. The van der Waals surface area contributed by atoms with Gasteiger partial charge < -0.3 is 5.32 Å². The van der Waals surface area contributed by atoms with Gasteiger partial charge in [-0.05, 0) is 19.4 Å². The Morgan fingerprint density at radius 2 is 2.29 bits per heavy atom. The van der Waals surface area contributed by atoms with Crippen LogP contribution < -0.4 is 5.32 Å². The standard InChI is InChI=1S/C11H14N4S2/c1-9-3-5-13-10(15-9)12-4-2-7-16-11-14-6-8-17-11/h3,5-6,8H,2,4,7H2,1H3,(H,12,13,15). The fourth-order valence-corrected chi connectivity index (χ4v) is 2.89. The van der Waals surface area contributed by atoms with Crippen molar-refractivity contribution in [1.29, 1.82) is 0 Å². The highest BCUT2D eigenvalue weighted by Crippen LogP contribution is 2.20. The molecule has 0 amide bonds. The Morgan fingerprint density at radius 3 is 3.06 bits per heavy atom. The van der Waals surface area contributed by atoms with Crippen molar-refractivity contribution in [2.24, 2.45) is 0 Å². The van der Waals surface area contributed by atoms with Crippen molar-refractivity contribution in [3.05, 3.63) is 29.5 Å². The first-order valence-electron chi connectivity index (χ1n) is 5.40. The third-order valence-corrected chi connectivity index (χ3v) is 4.09. The van der Waals surface area contributed by atoms with Crippen molar-refractivity contribution >= 4 is 29.0 Å². The first-order chi connectivity index (χ1) is 8.34. The molecular weight excluding hydrogens is 252 g/mol. The highest BCUT2D eigenvalue weighted by Gasteiger charge is 1.97. The van der Waals surface area contributed by atoms with Crippen molar-refractivity contribution in [2.75, 3.05) is 17.6 Å². The summed E-state index contributed by atoms with van der Waals surface area (Å²) in [5.41, 5.74) is 0.986. The van der Waals surface area contributed by atoms with Crippen molar-refractivity contribution in [1.82, 2.24) is 15.0 Å². The van der Waals surface area contributed by atoms with Gasteiger partial charge in [-0.1, -0.05) is 11.8 Å². The van der Waals surface area contributed by atoms with Gasteiger partial charge in [-0.15, -0.1) is 11.3 Å². The number of thioether (sulfide) groups is 1. The Kier molecular flexibility index (Phi) is 4.75. The molecule has 0 aliphatic heterocycles. The largest absolute Gasteiger partial charge is 0.354 e. The second-order valence-corrected chi connectivity index (χ2v) is 5.69. The zero-order valence-electron chi connectivity index (χ0n) is 9.59. The average molecular weight is 266 g/mol. The third-order valence-electron chi connectivity index (χ3n) is 2.03. The van der Waals surface area contributed by atoms with Gasteiger partial charge in [-0.3, -0.25) is 0 Å². The van der Waals surface area contributed by atoms with Gasteiger partial charge in [0.2, 0.25) is 5.95 Å². The number of aryl methyl sites for hydroxylation is 1. The SMILES string of the molecule is Cc1ccnc(NCCCSc2nccs2)n1. The van der Waals surface area contributed by atoms with E-state index in [-0.39, 0.29) is 0 Å². The molecule has 0 spiro atoms. The van der Waals surface area contributed by atoms with Crippen LogP contribution in [0.4, 0.5) is 5.95 Å². The maximum Gasteiger partial charge on any atom is 0.222 e. The third kappa shape index (κ3) is 4.32. The van der Waals surface area contributed by atoms with Crippen LogP contribution in [0, 0.1) is 6.92 Å². The molecule has 0 aliphatic carbocycles. The Labute approximate surface area is 109 Å². The number of rotatable bonds is 6. The lowest BCUT2D eigenvalue weighted by Gasteiger charge is -2.04. The van der Waals surface area contributed by atoms with Gasteiger partial charge >= 0.3 is 0 Å². The van der Waals surface area contributed by atoms with Crippen LogP contribution in [-0.4, -0.2) is 27.2 Å². The minimum atomic E-state index is 0.712. The molecule has 6 heteroatoms. The summed E-state index contributed by atoms with van der Waals surface area (Å²) in [5.74, 6) is 1.77. The second-order valence-electron chi connectivity index (χ2n) is 3.45. The molecule has 0 bridgehead atoms. The number of thiazole rings is 1. The summed E-state index contributed by atoms with van der Waals surface area (Å²) in [5, 5.41) is 5.21. The fraction of sp³-hybridized carbons (Fsp3) is 0.364. The van der Waals surface area contributed by atoms with Crippen LogP contribution in [0.15, 0.2) is 28.2 Å². The lowest BCUT2D eigenvalue weighted by Crippen LogP contribution is -2.06. The van der Waals surface area contributed by atoms with E-state index >= 15 is 0 Å². The van der Waals surface area contributed by atoms with E-state index in [2.05, 4.69) is 20.3 Å². The van der Waals surface area contributed by atoms with Crippen LogP contribution >= 0.6 is 23.1 Å². The number of nitrogens with zero attached hydrogens (tertiary/aromatic N) is 3. The maximum atomic E-state index is 4.28. The predicted molar refractivity (Wildman–Crippen MR) is 72.7 cm³/mol. The van der Waals surface area contributed by atoms with E-state index in [4.69, 9.17) is 0 Å². The van der Waals surface area contributed by atoms with Gasteiger partial charge in [0.15, 0.2) is 0 Å². The van der Waals surface area contributed by atoms with Gasteiger partial charge in [0.25, 0.3) is 0 Å². The molecule has 0 saturated heterocycles. The van der Waals surface area contributed by atoms with Crippen LogP contribution in [0.25, 0.3) is 0 Å². The lowest BCUT2D eigenvalue weighted by atomic mass is 10.4. The summed E-state index contributed by atoms with van der Waals surface area (Å²) in [6, 6.07) is 1.89. The number of anilines is 1. The van der Waals surface area contributed by atoms with E-state index in [9.17, 15) is 0 Å².